The molecule has 148 valence electrons. The van der Waals surface area contributed by atoms with Crippen molar-refractivity contribution < 1.29 is 30.3 Å². The van der Waals surface area contributed by atoms with E-state index in [9.17, 15) is 25.5 Å². The van der Waals surface area contributed by atoms with Gasteiger partial charge < -0.3 is 30.3 Å². The first-order chi connectivity index (χ1) is 13.5. The number of phenols is 2. The predicted molar refractivity (Wildman–Crippen MR) is 106 cm³/mol. The second-order valence-corrected chi connectivity index (χ2v) is 8.29. The predicted octanol–water partition coefficient (Wildman–Crippen LogP) is 2.45. The fourth-order valence-electron chi connectivity index (χ4n) is 3.65. The molecule has 2 heterocycles. The lowest BCUT2D eigenvalue weighted by Crippen LogP contribution is -2.44. The van der Waals surface area contributed by atoms with Crippen molar-refractivity contribution in [3.8, 4) is 11.5 Å². The second kappa shape index (κ2) is 7.69. The molecule has 1 fully saturated rings. The Bertz CT molecular complexity index is 951. The maximum absolute atomic E-state index is 10.3. The third-order valence-corrected chi connectivity index (χ3v) is 6.24. The molecule has 0 amide bonds. The number of thiophene rings is 1. The van der Waals surface area contributed by atoms with Gasteiger partial charge in [0, 0.05) is 34.0 Å². The minimum absolute atomic E-state index is 0.0525. The summed E-state index contributed by atoms with van der Waals surface area (Å²) in [4.78, 5) is 1.05. The van der Waals surface area contributed by atoms with Crippen molar-refractivity contribution in [1.82, 2.24) is 0 Å². The van der Waals surface area contributed by atoms with Crippen LogP contribution in [0.25, 0.3) is 10.1 Å². The van der Waals surface area contributed by atoms with Crippen molar-refractivity contribution in [2.75, 3.05) is 6.61 Å². The zero-order chi connectivity index (χ0) is 19.8. The van der Waals surface area contributed by atoms with E-state index in [1.807, 2.05) is 24.3 Å². The Balaban J connectivity index is 1.67. The summed E-state index contributed by atoms with van der Waals surface area (Å²) < 4.78 is 6.83. The first-order valence-corrected chi connectivity index (χ1v) is 9.92. The molecule has 0 aliphatic carbocycles. The van der Waals surface area contributed by atoms with Gasteiger partial charge in [-0.1, -0.05) is 18.2 Å². The molecule has 6 nitrogen and oxygen atoms in total. The summed E-state index contributed by atoms with van der Waals surface area (Å²) in [7, 11) is 0. The van der Waals surface area contributed by atoms with Gasteiger partial charge >= 0.3 is 0 Å². The average molecular weight is 402 g/mol. The minimum atomic E-state index is -1.24. The number of ether oxygens (including phenoxy) is 1. The van der Waals surface area contributed by atoms with Crippen LogP contribution >= 0.6 is 11.3 Å². The van der Waals surface area contributed by atoms with E-state index >= 15 is 0 Å². The molecule has 0 spiro atoms. The van der Waals surface area contributed by atoms with Crippen LogP contribution in [-0.4, -0.2) is 50.5 Å². The molecule has 1 aliphatic heterocycles. The quantitative estimate of drug-likeness (QED) is 0.459. The standard InChI is InChI=1S/C21H22O6S/c22-10-13-8-18(25)20(26)21(27-13)15-7-12(16(23)9-17(15)24)6-14-5-11-3-1-2-4-19(11)28-14/h1-5,7,9,13,18,20-26H,6,8,10H2/t13-,18-,20+,21-/m0/s1. The molecule has 7 heteroatoms. The van der Waals surface area contributed by atoms with E-state index in [2.05, 4.69) is 6.07 Å². The van der Waals surface area contributed by atoms with Gasteiger partial charge in [-0.3, -0.25) is 0 Å². The Morgan fingerprint density at radius 2 is 1.82 bits per heavy atom. The summed E-state index contributed by atoms with van der Waals surface area (Å²) in [6, 6.07) is 12.9. The zero-order valence-electron chi connectivity index (χ0n) is 15.0. The normalized spacial score (nSPS) is 25.2. The van der Waals surface area contributed by atoms with Gasteiger partial charge in [-0.2, -0.15) is 0 Å². The van der Waals surface area contributed by atoms with Crippen LogP contribution in [0.5, 0.6) is 11.5 Å². The number of aliphatic hydroxyl groups is 3. The molecule has 5 N–H and O–H groups in total. The van der Waals surface area contributed by atoms with Gasteiger partial charge in [-0.25, -0.2) is 0 Å². The van der Waals surface area contributed by atoms with Crippen molar-refractivity contribution in [2.24, 2.45) is 0 Å². The number of aromatic hydroxyl groups is 2. The van der Waals surface area contributed by atoms with E-state index in [0.717, 1.165) is 15.0 Å². The third-order valence-electron chi connectivity index (χ3n) is 5.13. The van der Waals surface area contributed by atoms with Crippen molar-refractivity contribution in [1.29, 1.82) is 0 Å². The molecular formula is C21H22O6S. The van der Waals surface area contributed by atoms with Crippen LogP contribution in [0.1, 0.15) is 28.5 Å². The summed E-state index contributed by atoms with van der Waals surface area (Å²) in [5.74, 6) is -0.282. The number of phenolic OH excluding ortho intramolecular Hbond substituents is 2. The van der Waals surface area contributed by atoms with Crippen LogP contribution in [0, 0.1) is 0 Å². The molecule has 3 aromatic rings. The fourth-order valence-corrected chi connectivity index (χ4v) is 4.74. The highest BCUT2D eigenvalue weighted by Gasteiger charge is 2.38. The minimum Gasteiger partial charge on any atom is -0.508 e. The Labute approximate surface area is 165 Å². The Morgan fingerprint density at radius 3 is 2.57 bits per heavy atom. The lowest BCUT2D eigenvalue weighted by Gasteiger charge is -2.37. The molecule has 0 bridgehead atoms. The summed E-state index contributed by atoms with van der Waals surface area (Å²) in [5, 5.41) is 51.6. The fraction of sp³-hybridized carbons (Fsp3) is 0.333. The van der Waals surface area contributed by atoms with Crippen molar-refractivity contribution in [3.05, 3.63) is 58.5 Å². The Kier molecular flexibility index (Phi) is 5.27. The maximum Gasteiger partial charge on any atom is 0.125 e. The van der Waals surface area contributed by atoms with E-state index in [4.69, 9.17) is 4.74 Å². The van der Waals surface area contributed by atoms with E-state index in [1.54, 1.807) is 17.4 Å². The van der Waals surface area contributed by atoms with Gasteiger partial charge in [0.25, 0.3) is 0 Å². The topological polar surface area (TPSA) is 110 Å². The lowest BCUT2D eigenvalue weighted by molar-refractivity contribution is -0.180. The Morgan fingerprint density at radius 1 is 1.04 bits per heavy atom. The first-order valence-electron chi connectivity index (χ1n) is 9.11. The Hall–Kier alpha value is -2.16. The molecular weight excluding hydrogens is 380 g/mol. The smallest absolute Gasteiger partial charge is 0.125 e. The molecule has 1 aromatic heterocycles. The maximum atomic E-state index is 10.3. The molecule has 1 aliphatic rings. The van der Waals surface area contributed by atoms with Crippen molar-refractivity contribution in [3.63, 3.8) is 0 Å². The van der Waals surface area contributed by atoms with Gasteiger partial charge in [0.05, 0.1) is 18.8 Å². The van der Waals surface area contributed by atoms with Gasteiger partial charge in [0.2, 0.25) is 0 Å². The number of benzene rings is 2. The van der Waals surface area contributed by atoms with Crippen LogP contribution < -0.4 is 0 Å². The third kappa shape index (κ3) is 3.59. The zero-order valence-corrected chi connectivity index (χ0v) is 15.8. The van der Waals surface area contributed by atoms with E-state index in [-0.39, 0.29) is 30.1 Å². The van der Waals surface area contributed by atoms with Crippen LogP contribution in [0.15, 0.2) is 42.5 Å². The monoisotopic (exact) mass is 402 g/mol. The highest BCUT2D eigenvalue weighted by atomic mass is 32.1. The number of aliphatic hydroxyl groups excluding tert-OH is 3. The second-order valence-electron chi connectivity index (χ2n) is 7.12. The molecule has 2 aromatic carbocycles. The molecule has 1 saturated heterocycles. The van der Waals surface area contributed by atoms with Crippen molar-refractivity contribution in [2.45, 2.75) is 37.3 Å². The summed E-state index contributed by atoms with van der Waals surface area (Å²) in [6.45, 7) is -0.298. The number of hydrogen-bond acceptors (Lipinski definition) is 7. The van der Waals surface area contributed by atoms with Gasteiger partial charge in [-0.15, -0.1) is 11.3 Å². The summed E-state index contributed by atoms with van der Waals surface area (Å²) in [5.41, 5.74) is 0.856. The van der Waals surface area contributed by atoms with Crippen LogP contribution in [-0.2, 0) is 11.2 Å². The van der Waals surface area contributed by atoms with E-state index in [0.29, 0.717) is 12.0 Å². The molecule has 4 rings (SSSR count). The summed E-state index contributed by atoms with van der Waals surface area (Å²) >= 11 is 1.62. The van der Waals surface area contributed by atoms with Gasteiger partial charge in [-0.05, 0) is 29.1 Å². The number of rotatable bonds is 4. The molecule has 28 heavy (non-hydrogen) atoms. The molecule has 0 radical (unpaired) electrons. The van der Waals surface area contributed by atoms with Gasteiger partial charge in [0.1, 0.15) is 23.7 Å². The number of fused-ring (bicyclic) bond motifs is 1. The summed E-state index contributed by atoms with van der Waals surface area (Å²) in [6.07, 6.45) is -3.38. The highest BCUT2D eigenvalue weighted by molar-refractivity contribution is 7.19. The van der Waals surface area contributed by atoms with Crippen LogP contribution in [0.2, 0.25) is 0 Å². The highest BCUT2D eigenvalue weighted by Crippen LogP contribution is 2.40. The average Bonchev–Trinajstić information content (AvgIpc) is 3.08. The van der Waals surface area contributed by atoms with E-state index < -0.39 is 24.4 Å². The molecule has 4 atom stereocenters. The lowest BCUT2D eigenvalue weighted by atomic mass is 9.91. The largest absolute Gasteiger partial charge is 0.508 e. The number of hydrogen-bond donors (Lipinski definition) is 5. The van der Waals surface area contributed by atoms with Crippen molar-refractivity contribution >= 4 is 21.4 Å². The van der Waals surface area contributed by atoms with Crippen LogP contribution in [0.4, 0.5) is 0 Å². The van der Waals surface area contributed by atoms with E-state index in [1.165, 1.54) is 6.07 Å². The molecule has 0 saturated carbocycles. The first kappa shape index (κ1) is 19.2. The van der Waals surface area contributed by atoms with Crippen LogP contribution in [0.3, 0.4) is 0 Å². The SMILES string of the molecule is OC[C@@H]1C[C@H](O)[C@@H](O)[C@H](c2cc(Cc3cc4ccccc4s3)c(O)cc2O)O1. The molecule has 0 unspecified atom stereocenters. The van der Waals surface area contributed by atoms with Gasteiger partial charge in [0.15, 0.2) is 0 Å².